The van der Waals surface area contributed by atoms with Crippen LogP contribution in [0.4, 0.5) is 5.95 Å². The van der Waals surface area contributed by atoms with Crippen molar-refractivity contribution in [2.75, 3.05) is 5.32 Å². The van der Waals surface area contributed by atoms with Crippen LogP contribution >= 0.6 is 0 Å². The summed E-state index contributed by atoms with van der Waals surface area (Å²) in [6, 6.07) is 18.3. The number of hydrogen-bond donors (Lipinski definition) is 2. The lowest BCUT2D eigenvalue weighted by Gasteiger charge is -2.21. The summed E-state index contributed by atoms with van der Waals surface area (Å²) in [4.78, 5) is 19.5. The summed E-state index contributed by atoms with van der Waals surface area (Å²) < 4.78 is 2.07. The van der Waals surface area contributed by atoms with E-state index in [4.69, 9.17) is 0 Å². The Morgan fingerprint density at radius 1 is 1.08 bits per heavy atom. The van der Waals surface area contributed by atoms with E-state index in [1.165, 1.54) is 5.39 Å². The maximum Gasteiger partial charge on any atom is 0.229 e. The number of aromatic nitrogens is 3. The Balaban J connectivity index is 1.70. The normalized spacial score (nSPS) is 12.2. The molecule has 5 nitrogen and oxygen atoms in total. The average Bonchev–Trinajstić information content (AvgIpc) is 3.33. The summed E-state index contributed by atoms with van der Waals surface area (Å²) in [6.07, 6.45) is 7.61. The number of benzene rings is 2. The molecule has 0 saturated carbocycles. The Hall–Kier alpha value is -3.34. The fourth-order valence-corrected chi connectivity index (χ4v) is 3.16. The number of aromatic amines is 1. The fourth-order valence-electron chi connectivity index (χ4n) is 3.16. The van der Waals surface area contributed by atoms with Crippen LogP contribution in [0.25, 0.3) is 10.8 Å². The SMILES string of the molecule is O=C(C[C@@H](c1cccc2ccccc12)n1cccc1)Nc1ncc[nH]1. The van der Waals surface area contributed by atoms with Gasteiger partial charge >= 0.3 is 0 Å². The van der Waals surface area contributed by atoms with E-state index in [-0.39, 0.29) is 11.9 Å². The van der Waals surface area contributed by atoms with E-state index in [0.29, 0.717) is 12.4 Å². The lowest BCUT2D eigenvalue weighted by molar-refractivity contribution is -0.116. The lowest BCUT2D eigenvalue weighted by Crippen LogP contribution is -2.20. The molecule has 0 fully saturated rings. The second kappa shape index (κ2) is 6.65. The Bertz CT molecular complexity index is 969. The summed E-state index contributed by atoms with van der Waals surface area (Å²) in [7, 11) is 0. The molecule has 2 aromatic heterocycles. The van der Waals surface area contributed by atoms with E-state index in [1.807, 2.05) is 42.7 Å². The van der Waals surface area contributed by atoms with Crippen LogP contribution in [0.1, 0.15) is 18.0 Å². The molecule has 0 bridgehead atoms. The topological polar surface area (TPSA) is 62.7 Å². The smallest absolute Gasteiger partial charge is 0.229 e. The number of fused-ring (bicyclic) bond motifs is 1. The molecule has 0 aliphatic heterocycles. The van der Waals surface area contributed by atoms with E-state index in [2.05, 4.69) is 44.1 Å². The Morgan fingerprint density at radius 3 is 2.68 bits per heavy atom. The van der Waals surface area contributed by atoms with Gasteiger partial charge in [0.25, 0.3) is 0 Å². The van der Waals surface area contributed by atoms with Crippen LogP contribution < -0.4 is 5.32 Å². The van der Waals surface area contributed by atoms with E-state index < -0.39 is 0 Å². The number of H-pyrrole nitrogens is 1. The van der Waals surface area contributed by atoms with Gasteiger partial charge in [-0.1, -0.05) is 42.5 Å². The molecule has 1 amide bonds. The van der Waals surface area contributed by atoms with Crippen LogP contribution in [0.3, 0.4) is 0 Å². The monoisotopic (exact) mass is 330 g/mol. The first-order valence-corrected chi connectivity index (χ1v) is 8.20. The lowest BCUT2D eigenvalue weighted by atomic mass is 9.96. The largest absolute Gasteiger partial charge is 0.346 e. The van der Waals surface area contributed by atoms with Gasteiger partial charge in [0.05, 0.1) is 12.5 Å². The molecule has 0 unspecified atom stereocenters. The zero-order chi connectivity index (χ0) is 17.1. The van der Waals surface area contributed by atoms with E-state index >= 15 is 0 Å². The van der Waals surface area contributed by atoms with Crippen LogP contribution in [0, 0.1) is 0 Å². The minimum absolute atomic E-state index is 0.0819. The molecule has 124 valence electrons. The van der Waals surface area contributed by atoms with Gasteiger partial charge in [0.1, 0.15) is 0 Å². The van der Waals surface area contributed by atoms with Gasteiger partial charge in [0.15, 0.2) is 0 Å². The number of amides is 1. The summed E-state index contributed by atoms with van der Waals surface area (Å²) in [5.41, 5.74) is 1.13. The summed E-state index contributed by atoms with van der Waals surface area (Å²) >= 11 is 0. The predicted molar refractivity (Wildman–Crippen MR) is 98.4 cm³/mol. The van der Waals surface area contributed by atoms with Gasteiger partial charge in [-0.05, 0) is 28.5 Å². The van der Waals surface area contributed by atoms with Crippen LogP contribution in [0.5, 0.6) is 0 Å². The number of nitrogens with zero attached hydrogens (tertiary/aromatic N) is 2. The molecule has 0 spiro atoms. The third-order valence-corrected chi connectivity index (χ3v) is 4.30. The van der Waals surface area contributed by atoms with Gasteiger partial charge in [-0.15, -0.1) is 0 Å². The second-order valence-electron chi connectivity index (χ2n) is 5.90. The minimum atomic E-state index is -0.0870. The average molecular weight is 330 g/mol. The Kier molecular flexibility index (Phi) is 4.04. The standard InChI is InChI=1S/C20H18N4O/c25-19(23-20-21-10-11-22-20)14-18(24-12-3-4-13-24)17-9-5-7-15-6-1-2-8-16(15)17/h1-13,18H,14H2,(H2,21,22,23,25)/t18-/m0/s1. The van der Waals surface area contributed by atoms with Crippen molar-refractivity contribution in [2.45, 2.75) is 12.5 Å². The molecule has 2 N–H and O–H groups in total. The third-order valence-electron chi connectivity index (χ3n) is 4.30. The van der Waals surface area contributed by atoms with Gasteiger partial charge < -0.3 is 9.55 Å². The van der Waals surface area contributed by atoms with Crippen molar-refractivity contribution >= 4 is 22.6 Å². The van der Waals surface area contributed by atoms with Crippen molar-refractivity contribution in [3.05, 3.63) is 84.9 Å². The van der Waals surface area contributed by atoms with Crippen LogP contribution in [0.2, 0.25) is 0 Å². The number of imidazole rings is 1. The number of anilines is 1. The molecular formula is C20H18N4O. The predicted octanol–water partition coefficient (Wildman–Crippen LogP) is 3.98. The number of hydrogen-bond acceptors (Lipinski definition) is 2. The molecule has 4 rings (SSSR count). The van der Waals surface area contributed by atoms with Gasteiger partial charge in [-0.3, -0.25) is 10.1 Å². The number of nitrogens with one attached hydrogen (secondary N) is 2. The van der Waals surface area contributed by atoms with Crippen molar-refractivity contribution in [1.82, 2.24) is 14.5 Å². The molecule has 0 saturated heterocycles. The molecular weight excluding hydrogens is 312 g/mol. The van der Waals surface area contributed by atoms with Crippen molar-refractivity contribution < 1.29 is 4.79 Å². The highest BCUT2D eigenvalue weighted by molar-refractivity contribution is 5.91. The van der Waals surface area contributed by atoms with Crippen molar-refractivity contribution in [3.63, 3.8) is 0 Å². The molecule has 0 radical (unpaired) electrons. The third kappa shape index (κ3) is 3.17. The highest BCUT2D eigenvalue weighted by Crippen LogP contribution is 2.29. The molecule has 2 heterocycles. The summed E-state index contributed by atoms with van der Waals surface area (Å²) in [5.74, 6) is 0.385. The first kappa shape index (κ1) is 15.2. The zero-order valence-electron chi connectivity index (χ0n) is 13.6. The molecule has 25 heavy (non-hydrogen) atoms. The molecule has 1 atom stereocenters. The van der Waals surface area contributed by atoms with Crippen LogP contribution in [-0.4, -0.2) is 20.4 Å². The van der Waals surface area contributed by atoms with Crippen LogP contribution in [-0.2, 0) is 4.79 Å². The molecule has 0 aliphatic rings. The maximum atomic E-state index is 12.5. The highest BCUT2D eigenvalue weighted by Gasteiger charge is 2.19. The molecule has 2 aromatic carbocycles. The van der Waals surface area contributed by atoms with Crippen molar-refractivity contribution in [1.29, 1.82) is 0 Å². The molecule has 4 aromatic rings. The summed E-state index contributed by atoms with van der Waals surface area (Å²) in [6.45, 7) is 0. The van der Waals surface area contributed by atoms with Crippen molar-refractivity contribution in [3.8, 4) is 0 Å². The molecule has 0 aliphatic carbocycles. The Morgan fingerprint density at radius 2 is 1.88 bits per heavy atom. The first-order chi connectivity index (χ1) is 12.3. The van der Waals surface area contributed by atoms with Gasteiger partial charge in [0.2, 0.25) is 11.9 Å². The number of rotatable bonds is 5. The number of carbonyl (C=O) groups excluding carboxylic acids is 1. The molecule has 5 heteroatoms. The van der Waals surface area contributed by atoms with Crippen LogP contribution in [0.15, 0.2) is 79.4 Å². The first-order valence-electron chi connectivity index (χ1n) is 8.20. The quantitative estimate of drug-likeness (QED) is 0.581. The van der Waals surface area contributed by atoms with Gasteiger partial charge in [-0.25, -0.2) is 4.98 Å². The van der Waals surface area contributed by atoms with E-state index in [1.54, 1.807) is 12.4 Å². The van der Waals surface area contributed by atoms with Gasteiger partial charge in [-0.2, -0.15) is 0 Å². The van der Waals surface area contributed by atoms with E-state index in [0.717, 1.165) is 10.9 Å². The van der Waals surface area contributed by atoms with Crippen molar-refractivity contribution in [2.24, 2.45) is 0 Å². The number of carbonyl (C=O) groups is 1. The maximum absolute atomic E-state index is 12.5. The Labute approximate surface area is 145 Å². The highest BCUT2D eigenvalue weighted by atomic mass is 16.1. The zero-order valence-corrected chi connectivity index (χ0v) is 13.6. The van der Waals surface area contributed by atoms with Gasteiger partial charge in [0, 0.05) is 24.8 Å². The van der Waals surface area contributed by atoms with E-state index in [9.17, 15) is 4.79 Å². The second-order valence-corrected chi connectivity index (χ2v) is 5.90. The minimum Gasteiger partial charge on any atom is -0.346 e. The fraction of sp³-hybridized carbons (Fsp3) is 0.100. The summed E-state index contributed by atoms with van der Waals surface area (Å²) in [5, 5.41) is 5.14.